The molecule has 1 aromatic heterocycles. The Bertz CT molecular complexity index is 871. The smallest absolute Gasteiger partial charge is 0.313 e. The van der Waals surface area contributed by atoms with E-state index in [0.717, 1.165) is 18.6 Å². The molecule has 0 saturated heterocycles. The first-order valence-corrected chi connectivity index (χ1v) is 9.04. The van der Waals surface area contributed by atoms with Gasteiger partial charge in [-0.2, -0.15) is 0 Å². The molecule has 0 aliphatic heterocycles. The van der Waals surface area contributed by atoms with Gasteiger partial charge in [-0.3, -0.25) is 9.59 Å². The van der Waals surface area contributed by atoms with Crippen LogP contribution in [-0.4, -0.2) is 23.3 Å². The lowest BCUT2D eigenvalue weighted by Crippen LogP contribution is -2.37. The van der Waals surface area contributed by atoms with E-state index in [9.17, 15) is 18.4 Å². The highest BCUT2D eigenvalue weighted by Crippen LogP contribution is 2.60. The van der Waals surface area contributed by atoms with E-state index in [0.29, 0.717) is 28.8 Å². The molecule has 4 rings (SSSR count). The summed E-state index contributed by atoms with van der Waals surface area (Å²) in [5, 5.41) is 5.47. The van der Waals surface area contributed by atoms with Crippen LogP contribution < -0.4 is 10.6 Å². The fourth-order valence-corrected chi connectivity index (χ4v) is 4.28. The van der Waals surface area contributed by atoms with Crippen LogP contribution in [0, 0.1) is 23.0 Å². The number of nitrogens with one attached hydrogen (secondary N) is 3. The summed E-state index contributed by atoms with van der Waals surface area (Å²) in [6.45, 7) is 0.514. The predicted molar refractivity (Wildman–Crippen MR) is 93.5 cm³/mol. The molecule has 2 aliphatic rings. The number of aromatic amines is 1. The van der Waals surface area contributed by atoms with Gasteiger partial charge in [-0.1, -0.05) is 19.3 Å². The molecule has 2 aromatic rings. The van der Waals surface area contributed by atoms with Crippen molar-refractivity contribution in [2.45, 2.75) is 38.5 Å². The normalized spacial score (nSPS) is 20.9. The van der Waals surface area contributed by atoms with Crippen LogP contribution >= 0.6 is 0 Å². The summed E-state index contributed by atoms with van der Waals surface area (Å²) in [4.78, 5) is 26.9. The highest BCUT2D eigenvalue weighted by molar-refractivity contribution is 6.40. The summed E-state index contributed by atoms with van der Waals surface area (Å²) in [7, 11) is 0. The SMILES string of the molecule is O=C(NC[C@H]1CC12CCCCC2)C(=O)Nc1c[nH]c2cc(F)c(F)cc12. The lowest BCUT2D eigenvalue weighted by molar-refractivity contribution is -0.136. The van der Waals surface area contributed by atoms with Gasteiger partial charge in [0.1, 0.15) is 0 Å². The standard InChI is InChI=1S/C19H21F2N3O2/c20-13-6-12-15(7-14(13)21)22-10-16(12)24-18(26)17(25)23-9-11-8-19(11)4-2-1-3-5-19/h6-7,10-11,22H,1-5,8-9H2,(H,23,25)(H,24,26)/t11-/m1/s1. The van der Waals surface area contributed by atoms with Crippen molar-refractivity contribution in [3.63, 3.8) is 0 Å². The van der Waals surface area contributed by atoms with Crippen molar-refractivity contribution in [3.8, 4) is 0 Å². The minimum Gasteiger partial charge on any atom is -0.359 e. The number of amides is 2. The Morgan fingerprint density at radius 3 is 2.62 bits per heavy atom. The van der Waals surface area contributed by atoms with Gasteiger partial charge in [-0.15, -0.1) is 0 Å². The molecule has 2 aliphatic carbocycles. The first-order valence-electron chi connectivity index (χ1n) is 9.04. The van der Waals surface area contributed by atoms with E-state index in [1.807, 2.05) is 0 Å². The van der Waals surface area contributed by atoms with Crippen molar-refractivity contribution in [2.75, 3.05) is 11.9 Å². The Hall–Kier alpha value is -2.44. The summed E-state index contributed by atoms with van der Waals surface area (Å²) in [5.74, 6) is -3.04. The number of hydrogen-bond donors (Lipinski definition) is 3. The minimum atomic E-state index is -1.01. The molecule has 2 saturated carbocycles. The molecule has 0 unspecified atom stereocenters. The number of carbonyl (C=O) groups is 2. The summed E-state index contributed by atoms with van der Waals surface area (Å²) in [6, 6.07) is 2.00. The second-order valence-corrected chi connectivity index (χ2v) is 7.50. The summed E-state index contributed by atoms with van der Waals surface area (Å²) >= 11 is 0. The van der Waals surface area contributed by atoms with Gasteiger partial charge in [0, 0.05) is 24.2 Å². The maximum absolute atomic E-state index is 13.4. The van der Waals surface area contributed by atoms with E-state index in [4.69, 9.17) is 0 Å². The first-order chi connectivity index (χ1) is 12.5. The third kappa shape index (κ3) is 3.06. The van der Waals surface area contributed by atoms with E-state index >= 15 is 0 Å². The summed E-state index contributed by atoms with van der Waals surface area (Å²) in [6.07, 6.45) is 8.77. The number of hydrogen-bond acceptors (Lipinski definition) is 2. The van der Waals surface area contributed by atoms with Crippen molar-refractivity contribution in [1.82, 2.24) is 10.3 Å². The Morgan fingerprint density at radius 2 is 1.85 bits per heavy atom. The molecule has 2 amide bonds. The third-order valence-corrected chi connectivity index (χ3v) is 5.89. The molecule has 7 heteroatoms. The molecule has 0 bridgehead atoms. The Labute approximate surface area is 149 Å². The fraction of sp³-hybridized carbons (Fsp3) is 0.474. The van der Waals surface area contributed by atoms with Crippen LogP contribution in [0.5, 0.6) is 0 Å². The molecule has 26 heavy (non-hydrogen) atoms. The average molecular weight is 361 g/mol. The van der Waals surface area contributed by atoms with Crippen molar-refractivity contribution >= 4 is 28.4 Å². The predicted octanol–water partition coefficient (Wildman–Crippen LogP) is 3.47. The van der Waals surface area contributed by atoms with Gasteiger partial charge >= 0.3 is 11.8 Å². The summed E-state index contributed by atoms with van der Waals surface area (Å²) in [5.41, 5.74) is 0.978. The second-order valence-electron chi connectivity index (χ2n) is 7.50. The molecular formula is C19H21F2N3O2. The molecule has 5 nitrogen and oxygen atoms in total. The fourth-order valence-electron chi connectivity index (χ4n) is 4.28. The van der Waals surface area contributed by atoms with Crippen molar-refractivity contribution in [1.29, 1.82) is 0 Å². The van der Waals surface area contributed by atoms with Crippen LogP contribution in [0.4, 0.5) is 14.5 Å². The zero-order chi connectivity index (χ0) is 18.3. The zero-order valence-electron chi connectivity index (χ0n) is 14.3. The third-order valence-electron chi connectivity index (χ3n) is 5.89. The molecular weight excluding hydrogens is 340 g/mol. The lowest BCUT2D eigenvalue weighted by atomic mass is 9.84. The topological polar surface area (TPSA) is 74.0 Å². The quantitative estimate of drug-likeness (QED) is 0.733. The van der Waals surface area contributed by atoms with Crippen LogP contribution in [0.15, 0.2) is 18.3 Å². The number of halogens is 2. The van der Waals surface area contributed by atoms with E-state index in [1.165, 1.54) is 38.3 Å². The Morgan fingerprint density at radius 1 is 1.12 bits per heavy atom. The molecule has 1 atom stereocenters. The van der Waals surface area contributed by atoms with Crippen LogP contribution in [-0.2, 0) is 9.59 Å². The van der Waals surface area contributed by atoms with Gasteiger partial charge in [-0.05, 0) is 36.7 Å². The van der Waals surface area contributed by atoms with Crippen molar-refractivity contribution in [3.05, 3.63) is 30.0 Å². The molecule has 3 N–H and O–H groups in total. The number of rotatable bonds is 3. The molecule has 1 spiro atoms. The summed E-state index contributed by atoms with van der Waals surface area (Å²) < 4.78 is 26.6. The molecule has 2 fully saturated rings. The van der Waals surface area contributed by atoms with Crippen LogP contribution in [0.3, 0.4) is 0 Å². The van der Waals surface area contributed by atoms with Crippen molar-refractivity contribution in [2.24, 2.45) is 11.3 Å². The van der Waals surface area contributed by atoms with E-state index < -0.39 is 23.4 Å². The van der Waals surface area contributed by atoms with Gasteiger partial charge in [0.15, 0.2) is 11.6 Å². The van der Waals surface area contributed by atoms with E-state index in [1.54, 1.807) is 0 Å². The van der Waals surface area contributed by atoms with E-state index in [-0.39, 0.29) is 5.69 Å². The van der Waals surface area contributed by atoms with Crippen LogP contribution in [0.1, 0.15) is 38.5 Å². The Kier molecular flexibility index (Phi) is 4.17. The lowest BCUT2D eigenvalue weighted by Gasteiger charge is -2.22. The largest absolute Gasteiger partial charge is 0.359 e. The van der Waals surface area contributed by atoms with Crippen LogP contribution in [0.2, 0.25) is 0 Å². The number of H-pyrrole nitrogens is 1. The van der Waals surface area contributed by atoms with Gasteiger partial charge in [0.2, 0.25) is 0 Å². The minimum absolute atomic E-state index is 0.245. The highest BCUT2D eigenvalue weighted by Gasteiger charge is 2.53. The van der Waals surface area contributed by atoms with Gasteiger partial charge in [0.25, 0.3) is 0 Å². The highest BCUT2D eigenvalue weighted by atomic mass is 19.2. The molecule has 1 heterocycles. The van der Waals surface area contributed by atoms with E-state index in [2.05, 4.69) is 15.6 Å². The zero-order valence-corrected chi connectivity index (χ0v) is 14.3. The number of benzene rings is 1. The van der Waals surface area contributed by atoms with Crippen LogP contribution in [0.25, 0.3) is 10.9 Å². The maximum atomic E-state index is 13.4. The number of aromatic nitrogens is 1. The second kappa shape index (κ2) is 6.37. The molecule has 138 valence electrons. The Balaban J connectivity index is 1.35. The molecule has 0 radical (unpaired) electrons. The number of fused-ring (bicyclic) bond motifs is 1. The average Bonchev–Trinajstić information content (AvgIpc) is 3.15. The van der Waals surface area contributed by atoms with Gasteiger partial charge < -0.3 is 15.6 Å². The first kappa shape index (κ1) is 17.0. The number of anilines is 1. The maximum Gasteiger partial charge on any atom is 0.313 e. The molecule has 1 aromatic carbocycles. The monoisotopic (exact) mass is 361 g/mol. The van der Waals surface area contributed by atoms with Gasteiger partial charge in [0.05, 0.1) is 11.2 Å². The van der Waals surface area contributed by atoms with Crippen molar-refractivity contribution < 1.29 is 18.4 Å². The number of carbonyl (C=O) groups excluding carboxylic acids is 2. The van der Waals surface area contributed by atoms with Gasteiger partial charge in [-0.25, -0.2) is 8.78 Å².